The van der Waals surface area contributed by atoms with Crippen LogP contribution in [0.4, 0.5) is 9.18 Å². The predicted octanol–water partition coefficient (Wildman–Crippen LogP) is 1.98. The summed E-state index contributed by atoms with van der Waals surface area (Å²) in [6.45, 7) is 1.92. The molecule has 0 spiro atoms. The molecule has 8 heteroatoms. The van der Waals surface area contributed by atoms with Crippen LogP contribution in [0.25, 0.3) is 0 Å². The van der Waals surface area contributed by atoms with Crippen LogP contribution in [0.15, 0.2) is 18.2 Å². The van der Waals surface area contributed by atoms with Crippen LogP contribution in [0.3, 0.4) is 0 Å². The summed E-state index contributed by atoms with van der Waals surface area (Å²) in [4.78, 5) is 13.5. The minimum atomic E-state index is -3.05. The number of hydrogen-bond acceptors (Lipinski definition) is 3. The molecule has 1 atom stereocenters. The Morgan fingerprint density at radius 1 is 1.38 bits per heavy atom. The van der Waals surface area contributed by atoms with Crippen LogP contribution in [-0.2, 0) is 9.84 Å². The van der Waals surface area contributed by atoms with Gasteiger partial charge in [0.15, 0.2) is 9.84 Å². The Kier molecular flexibility index (Phi) is 4.73. The van der Waals surface area contributed by atoms with Crippen LogP contribution in [-0.4, -0.2) is 43.9 Å². The van der Waals surface area contributed by atoms with Crippen molar-refractivity contribution in [3.05, 3.63) is 34.6 Å². The van der Waals surface area contributed by atoms with Gasteiger partial charge in [-0.05, 0) is 19.1 Å². The summed E-state index contributed by atoms with van der Waals surface area (Å²) in [7, 11) is -3.05. The fourth-order valence-corrected chi connectivity index (χ4v) is 3.72. The lowest BCUT2D eigenvalue weighted by Gasteiger charge is -2.28. The number of urea groups is 1. The van der Waals surface area contributed by atoms with Crippen LogP contribution in [0, 0.1) is 5.82 Å². The quantitative estimate of drug-likeness (QED) is 0.899. The van der Waals surface area contributed by atoms with Crippen molar-refractivity contribution in [3.8, 4) is 0 Å². The summed E-state index contributed by atoms with van der Waals surface area (Å²) in [5, 5.41) is 2.88. The summed E-state index contributed by atoms with van der Waals surface area (Å²) >= 11 is 5.95. The summed E-state index contributed by atoms with van der Waals surface area (Å²) in [6, 6.07) is 3.29. The molecule has 1 aromatic carbocycles. The molecule has 0 aliphatic carbocycles. The zero-order valence-corrected chi connectivity index (χ0v) is 13.0. The molecule has 1 heterocycles. The molecule has 0 radical (unpaired) electrons. The van der Waals surface area contributed by atoms with E-state index in [1.165, 1.54) is 17.0 Å². The van der Waals surface area contributed by atoms with Gasteiger partial charge >= 0.3 is 6.03 Å². The lowest BCUT2D eigenvalue weighted by atomic mass is 10.1. The maximum atomic E-state index is 13.8. The van der Waals surface area contributed by atoms with Crippen molar-refractivity contribution >= 4 is 27.5 Å². The SMILES string of the molecule is C[C@@H](NC(=O)N1CCS(=O)(=O)CC1)c1c(F)cccc1Cl. The van der Waals surface area contributed by atoms with E-state index in [9.17, 15) is 17.6 Å². The smallest absolute Gasteiger partial charge is 0.317 e. The predicted molar refractivity (Wildman–Crippen MR) is 78.6 cm³/mol. The number of benzene rings is 1. The third kappa shape index (κ3) is 3.85. The number of carbonyl (C=O) groups is 1. The van der Waals surface area contributed by atoms with Gasteiger partial charge in [-0.3, -0.25) is 0 Å². The summed E-state index contributed by atoms with van der Waals surface area (Å²) in [5.41, 5.74) is 0.220. The number of carbonyl (C=O) groups excluding carboxylic acids is 1. The second-order valence-corrected chi connectivity index (χ2v) is 7.66. The van der Waals surface area contributed by atoms with E-state index in [1.807, 2.05) is 0 Å². The lowest BCUT2D eigenvalue weighted by Crippen LogP contribution is -2.48. The molecule has 116 valence electrons. The first kappa shape index (κ1) is 16.0. The van der Waals surface area contributed by atoms with Gasteiger partial charge in [0.1, 0.15) is 5.82 Å². The number of hydrogen-bond donors (Lipinski definition) is 1. The fraction of sp³-hybridized carbons (Fsp3) is 0.462. The normalized spacial score (nSPS) is 19.1. The number of sulfone groups is 1. The van der Waals surface area contributed by atoms with Crippen LogP contribution in [0.1, 0.15) is 18.5 Å². The molecule has 0 saturated carbocycles. The van der Waals surface area contributed by atoms with Crippen molar-refractivity contribution in [2.75, 3.05) is 24.6 Å². The topological polar surface area (TPSA) is 66.5 Å². The lowest BCUT2D eigenvalue weighted by molar-refractivity contribution is 0.198. The van der Waals surface area contributed by atoms with E-state index in [-0.39, 0.29) is 35.2 Å². The molecule has 5 nitrogen and oxygen atoms in total. The molecule has 1 aliphatic rings. The molecule has 1 aliphatic heterocycles. The largest absolute Gasteiger partial charge is 0.331 e. The fourth-order valence-electron chi connectivity index (χ4n) is 2.19. The Labute approximate surface area is 128 Å². The molecule has 2 rings (SSSR count). The van der Waals surface area contributed by atoms with Gasteiger partial charge in [0.25, 0.3) is 0 Å². The highest BCUT2D eigenvalue weighted by molar-refractivity contribution is 7.91. The van der Waals surface area contributed by atoms with Crippen LogP contribution >= 0.6 is 11.6 Å². The molecular formula is C13H16ClFN2O3S. The molecule has 1 saturated heterocycles. The van der Waals surface area contributed by atoms with E-state index in [0.717, 1.165) is 0 Å². The summed E-state index contributed by atoms with van der Waals surface area (Å²) in [5.74, 6) is -0.582. The van der Waals surface area contributed by atoms with E-state index in [0.29, 0.717) is 0 Å². The maximum absolute atomic E-state index is 13.8. The van der Waals surface area contributed by atoms with E-state index >= 15 is 0 Å². The van der Waals surface area contributed by atoms with Crippen LogP contribution in [0.5, 0.6) is 0 Å². The zero-order chi connectivity index (χ0) is 15.6. The first-order valence-corrected chi connectivity index (χ1v) is 8.70. The molecule has 2 amide bonds. The first-order valence-electron chi connectivity index (χ1n) is 6.50. The second kappa shape index (κ2) is 6.19. The molecule has 0 aromatic heterocycles. The van der Waals surface area contributed by atoms with Crippen molar-refractivity contribution in [2.45, 2.75) is 13.0 Å². The van der Waals surface area contributed by atoms with E-state index in [1.54, 1.807) is 13.0 Å². The van der Waals surface area contributed by atoms with Crippen molar-refractivity contribution < 1.29 is 17.6 Å². The third-order valence-corrected chi connectivity index (χ3v) is 5.34. The molecule has 0 bridgehead atoms. The second-order valence-electron chi connectivity index (χ2n) is 4.95. The monoisotopic (exact) mass is 334 g/mol. The highest BCUT2D eigenvalue weighted by Crippen LogP contribution is 2.25. The molecule has 1 aromatic rings. The summed E-state index contributed by atoms with van der Waals surface area (Å²) in [6.07, 6.45) is 0. The Morgan fingerprint density at radius 2 is 2.00 bits per heavy atom. The Hall–Kier alpha value is -1.34. The van der Waals surface area contributed by atoms with Crippen molar-refractivity contribution in [3.63, 3.8) is 0 Å². The first-order chi connectivity index (χ1) is 9.80. The maximum Gasteiger partial charge on any atom is 0.317 e. The minimum Gasteiger partial charge on any atom is -0.331 e. The van der Waals surface area contributed by atoms with Crippen molar-refractivity contribution in [1.29, 1.82) is 0 Å². The van der Waals surface area contributed by atoms with Crippen molar-refractivity contribution in [2.24, 2.45) is 0 Å². The number of nitrogens with zero attached hydrogens (tertiary/aromatic N) is 1. The molecule has 1 N–H and O–H groups in total. The number of amides is 2. The molecular weight excluding hydrogens is 319 g/mol. The molecule has 21 heavy (non-hydrogen) atoms. The summed E-state index contributed by atoms with van der Waals surface area (Å²) < 4.78 is 36.4. The van der Waals surface area contributed by atoms with E-state index in [2.05, 4.69) is 5.32 Å². The molecule has 0 unspecified atom stereocenters. The van der Waals surface area contributed by atoms with Gasteiger partial charge in [0.2, 0.25) is 0 Å². The van der Waals surface area contributed by atoms with Gasteiger partial charge in [-0.2, -0.15) is 0 Å². The average molecular weight is 335 g/mol. The number of nitrogens with one attached hydrogen (secondary N) is 1. The molecule has 1 fully saturated rings. The van der Waals surface area contributed by atoms with Crippen molar-refractivity contribution in [1.82, 2.24) is 10.2 Å². The zero-order valence-electron chi connectivity index (χ0n) is 11.5. The van der Waals surface area contributed by atoms with Gasteiger partial charge in [-0.1, -0.05) is 17.7 Å². The Morgan fingerprint density at radius 3 is 2.57 bits per heavy atom. The Bertz CT molecular complexity index is 617. The number of rotatable bonds is 2. The van der Waals surface area contributed by atoms with Crippen LogP contribution < -0.4 is 5.32 Å². The highest BCUT2D eigenvalue weighted by atomic mass is 35.5. The van der Waals surface area contributed by atoms with Crippen LogP contribution in [0.2, 0.25) is 5.02 Å². The third-order valence-electron chi connectivity index (χ3n) is 3.40. The van der Waals surface area contributed by atoms with Gasteiger partial charge < -0.3 is 10.2 Å². The highest BCUT2D eigenvalue weighted by Gasteiger charge is 2.26. The van der Waals surface area contributed by atoms with Gasteiger partial charge in [0.05, 0.1) is 17.5 Å². The van der Waals surface area contributed by atoms with E-state index in [4.69, 9.17) is 11.6 Å². The van der Waals surface area contributed by atoms with Gasteiger partial charge in [0, 0.05) is 23.7 Å². The number of halogens is 2. The standard InChI is InChI=1S/C13H16ClFN2O3S/c1-9(12-10(14)3-2-4-11(12)15)16-13(18)17-5-7-21(19,20)8-6-17/h2-4,9H,5-8H2,1H3,(H,16,18)/t9-/m1/s1. The average Bonchev–Trinajstić information content (AvgIpc) is 2.38. The minimum absolute atomic E-state index is 0.0464. The van der Waals surface area contributed by atoms with E-state index < -0.39 is 27.7 Å². The van der Waals surface area contributed by atoms with Gasteiger partial charge in [-0.15, -0.1) is 0 Å². The Balaban J connectivity index is 2.03. The van der Waals surface area contributed by atoms with Gasteiger partial charge in [-0.25, -0.2) is 17.6 Å².